The minimum atomic E-state index is -0.769. The summed E-state index contributed by atoms with van der Waals surface area (Å²) in [7, 11) is 0. The van der Waals surface area contributed by atoms with Crippen molar-refractivity contribution in [3.8, 4) is 0 Å². The summed E-state index contributed by atoms with van der Waals surface area (Å²) in [4.78, 5) is 24.6. The van der Waals surface area contributed by atoms with Crippen LogP contribution in [-0.2, 0) is 19.1 Å². The highest BCUT2D eigenvalue weighted by Gasteiger charge is 2.16. The van der Waals surface area contributed by atoms with E-state index in [1.54, 1.807) is 0 Å². The van der Waals surface area contributed by atoms with E-state index in [1.807, 2.05) is 0 Å². The fourth-order valence-corrected chi connectivity index (χ4v) is 10.9. The van der Waals surface area contributed by atoms with Crippen LogP contribution in [0.1, 0.15) is 386 Å². The highest BCUT2D eigenvalue weighted by atomic mass is 16.6. The van der Waals surface area contributed by atoms with Crippen LogP contribution < -0.4 is 0 Å². The van der Waals surface area contributed by atoms with Crippen LogP contribution in [0.15, 0.2) is 48.6 Å². The van der Waals surface area contributed by atoms with Crippen molar-refractivity contribution in [2.24, 2.45) is 0 Å². The number of rotatable bonds is 66. The number of aliphatic hydroxyl groups is 1. The number of aliphatic hydroxyl groups excluding tert-OH is 1. The molecule has 0 amide bonds. The summed E-state index contributed by atoms with van der Waals surface area (Å²) in [6.07, 6.45) is 93.0. The number of hydrogen-bond acceptors (Lipinski definition) is 5. The van der Waals surface area contributed by atoms with Crippen LogP contribution in [0.5, 0.6) is 0 Å². The number of allylic oxidation sites excluding steroid dienone is 8. The van der Waals surface area contributed by atoms with E-state index >= 15 is 0 Å². The number of hydrogen-bond donors (Lipinski definition) is 1. The lowest BCUT2D eigenvalue weighted by Crippen LogP contribution is -2.28. The van der Waals surface area contributed by atoms with Gasteiger partial charge in [-0.15, -0.1) is 0 Å². The predicted molar refractivity (Wildman–Crippen MR) is 344 cm³/mol. The molecule has 78 heavy (non-hydrogen) atoms. The van der Waals surface area contributed by atoms with Crippen LogP contribution in [0.2, 0.25) is 0 Å². The topological polar surface area (TPSA) is 72.8 Å². The van der Waals surface area contributed by atoms with Gasteiger partial charge in [0, 0.05) is 12.8 Å². The van der Waals surface area contributed by atoms with Crippen molar-refractivity contribution < 1.29 is 24.2 Å². The molecule has 0 heterocycles. The van der Waals surface area contributed by atoms with Gasteiger partial charge in [-0.2, -0.15) is 0 Å². The Kier molecular flexibility index (Phi) is 67.2. The summed E-state index contributed by atoms with van der Waals surface area (Å²) in [5, 5.41) is 9.70. The lowest BCUT2D eigenvalue weighted by atomic mass is 10.0. The quantitative estimate of drug-likeness (QED) is 0.0373. The van der Waals surface area contributed by atoms with Gasteiger partial charge in [-0.1, -0.05) is 371 Å². The maximum atomic E-state index is 12.4. The van der Waals surface area contributed by atoms with Gasteiger partial charge in [0.25, 0.3) is 0 Å². The van der Waals surface area contributed by atoms with Crippen LogP contribution in [0.25, 0.3) is 0 Å². The molecule has 458 valence electrons. The molecule has 0 spiro atoms. The van der Waals surface area contributed by atoms with E-state index in [1.165, 1.54) is 302 Å². The molecule has 0 fully saturated rings. The Bertz CT molecular complexity index is 1280. The molecule has 0 radical (unpaired) electrons. The van der Waals surface area contributed by atoms with Gasteiger partial charge in [0.1, 0.15) is 6.61 Å². The molecular weight excluding hydrogens is 957 g/mol. The van der Waals surface area contributed by atoms with Crippen molar-refractivity contribution in [2.75, 3.05) is 13.2 Å². The molecule has 0 aromatic rings. The van der Waals surface area contributed by atoms with Gasteiger partial charge in [-0.25, -0.2) is 0 Å². The molecule has 1 N–H and O–H groups in total. The van der Waals surface area contributed by atoms with Gasteiger partial charge >= 0.3 is 11.9 Å². The number of unbranched alkanes of at least 4 members (excludes halogenated alkanes) is 50. The van der Waals surface area contributed by atoms with Gasteiger partial charge in [-0.05, 0) is 51.4 Å². The second-order valence-corrected chi connectivity index (χ2v) is 23.9. The SMILES string of the molecule is CC/C=C\C/C=C\C/C=C\C/C=C\CCCCCCCCCCCCCCCCCCCCCCCCCCCCC(=O)OC(CO)COC(=O)CCCCCCCCCCCCCCCCCCCCCCCCCCC. The Hall–Kier alpha value is -2.14. The number of carbonyl (C=O) groups excluding carboxylic acids is 2. The first-order valence-corrected chi connectivity index (χ1v) is 35.2. The third-order valence-electron chi connectivity index (χ3n) is 16.1. The first-order valence-electron chi connectivity index (χ1n) is 35.2. The van der Waals surface area contributed by atoms with Crippen molar-refractivity contribution in [1.29, 1.82) is 0 Å². The first-order chi connectivity index (χ1) is 38.6. The molecule has 1 unspecified atom stereocenters. The molecule has 0 aliphatic rings. The molecule has 0 rings (SSSR count). The van der Waals surface area contributed by atoms with E-state index in [2.05, 4.69) is 62.5 Å². The Balaban J connectivity index is 3.37. The van der Waals surface area contributed by atoms with Crippen LogP contribution in [0.3, 0.4) is 0 Å². The van der Waals surface area contributed by atoms with E-state index in [4.69, 9.17) is 9.47 Å². The molecule has 0 saturated heterocycles. The van der Waals surface area contributed by atoms with Gasteiger partial charge in [0.05, 0.1) is 6.61 Å². The Labute approximate surface area is 488 Å². The highest BCUT2D eigenvalue weighted by Crippen LogP contribution is 2.19. The fourth-order valence-electron chi connectivity index (χ4n) is 10.9. The van der Waals surface area contributed by atoms with Crippen molar-refractivity contribution in [1.82, 2.24) is 0 Å². The second kappa shape index (κ2) is 69.1. The van der Waals surface area contributed by atoms with E-state index in [0.29, 0.717) is 12.8 Å². The van der Waals surface area contributed by atoms with E-state index in [-0.39, 0.29) is 25.2 Å². The molecular formula is C73H136O5. The summed E-state index contributed by atoms with van der Waals surface area (Å²) in [5.41, 5.74) is 0. The lowest BCUT2D eigenvalue weighted by molar-refractivity contribution is -0.161. The van der Waals surface area contributed by atoms with Crippen LogP contribution in [0, 0.1) is 0 Å². The van der Waals surface area contributed by atoms with E-state index in [0.717, 1.165) is 57.8 Å². The average Bonchev–Trinajstić information content (AvgIpc) is 3.44. The van der Waals surface area contributed by atoms with E-state index < -0.39 is 6.10 Å². The fraction of sp³-hybridized carbons (Fsp3) is 0.863. The monoisotopic (exact) mass is 1090 g/mol. The smallest absolute Gasteiger partial charge is 0.306 e. The predicted octanol–water partition coefficient (Wildman–Crippen LogP) is 24.3. The van der Waals surface area contributed by atoms with E-state index in [9.17, 15) is 14.7 Å². The van der Waals surface area contributed by atoms with Crippen molar-refractivity contribution in [2.45, 2.75) is 392 Å². The third kappa shape index (κ3) is 66.4. The number of carbonyl (C=O) groups is 2. The third-order valence-corrected chi connectivity index (χ3v) is 16.1. The molecule has 0 bridgehead atoms. The van der Waals surface area contributed by atoms with Crippen LogP contribution in [-0.4, -0.2) is 36.4 Å². The highest BCUT2D eigenvalue weighted by molar-refractivity contribution is 5.70. The minimum Gasteiger partial charge on any atom is -0.462 e. The van der Waals surface area contributed by atoms with Crippen LogP contribution in [0.4, 0.5) is 0 Å². The van der Waals surface area contributed by atoms with Gasteiger partial charge in [0.2, 0.25) is 0 Å². The van der Waals surface area contributed by atoms with Crippen LogP contribution >= 0.6 is 0 Å². The van der Waals surface area contributed by atoms with Gasteiger partial charge < -0.3 is 14.6 Å². The molecule has 0 aromatic carbocycles. The van der Waals surface area contributed by atoms with Crippen molar-refractivity contribution >= 4 is 11.9 Å². The zero-order valence-electron chi connectivity index (χ0n) is 52.7. The Morgan fingerprint density at radius 1 is 0.308 bits per heavy atom. The van der Waals surface area contributed by atoms with Gasteiger partial charge in [0.15, 0.2) is 6.10 Å². The zero-order chi connectivity index (χ0) is 56.2. The second-order valence-electron chi connectivity index (χ2n) is 23.9. The molecule has 0 aliphatic heterocycles. The molecule has 0 aliphatic carbocycles. The van der Waals surface area contributed by atoms with Gasteiger partial charge in [-0.3, -0.25) is 9.59 Å². The summed E-state index contributed by atoms with van der Waals surface area (Å²) in [6.45, 7) is 4.09. The normalized spacial score (nSPS) is 12.4. The zero-order valence-corrected chi connectivity index (χ0v) is 52.7. The molecule has 0 saturated carbocycles. The maximum Gasteiger partial charge on any atom is 0.306 e. The molecule has 5 heteroatoms. The Morgan fingerprint density at radius 3 is 0.833 bits per heavy atom. The minimum absolute atomic E-state index is 0.0581. The lowest BCUT2D eigenvalue weighted by Gasteiger charge is -2.15. The Morgan fingerprint density at radius 2 is 0.551 bits per heavy atom. The van der Waals surface area contributed by atoms with Crippen molar-refractivity contribution in [3.63, 3.8) is 0 Å². The summed E-state index contributed by atoms with van der Waals surface area (Å²) >= 11 is 0. The maximum absolute atomic E-state index is 12.4. The summed E-state index contributed by atoms with van der Waals surface area (Å²) in [5.74, 6) is -0.564. The van der Waals surface area contributed by atoms with Crippen molar-refractivity contribution in [3.05, 3.63) is 48.6 Å². The molecule has 0 aromatic heterocycles. The molecule has 1 atom stereocenters. The summed E-state index contributed by atoms with van der Waals surface area (Å²) < 4.78 is 10.8. The summed E-state index contributed by atoms with van der Waals surface area (Å²) in [6, 6.07) is 0. The first kappa shape index (κ1) is 75.9. The average molecular weight is 1090 g/mol. The largest absolute Gasteiger partial charge is 0.462 e. The standard InChI is InChI=1S/C73H136O5/c1-3-5-7-9-11-13-15-17-19-21-23-25-27-29-30-31-32-33-34-35-36-37-38-39-40-41-42-44-46-48-50-52-54-56-58-60-62-64-66-68-73(76)78-71(69-74)70-77-72(75)67-65-63-61-59-57-55-53-51-49-47-45-43-28-26-24-22-20-18-16-14-12-10-8-6-4-2/h5,7,11,13,17,19,23,25,71,74H,3-4,6,8-10,12,14-16,18,20-22,24,26-70H2,1-2H3/b7-5-,13-11-,19-17-,25-23-. The molecule has 5 nitrogen and oxygen atoms in total. The number of ether oxygens (including phenoxy) is 2. The number of esters is 2.